The van der Waals surface area contributed by atoms with Crippen LogP contribution in [0.25, 0.3) is 11.8 Å². The largest absolute Gasteiger partial charge is 0.494 e. The Hall–Kier alpha value is -3.21. The quantitative estimate of drug-likeness (QED) is 0.481. The van der Waals surface area contributed by atoms with Gasteiger partial charge >= 0.3 is 0 Å². The van der Waals surface area contributed by atoms with Gasteiger partial charge in [0.1, 0.15) is 11.6 Å². The Morgan fingerprint density at radius 2 is 1.85 bits per heavy atom. The van der Waals surface area contributed by atoms with Gasteiger partial charge in [0.05, 0.1) is 29.7 Å². The van der Waals surface area contributed by atoms with Gasteiger partial charge < -0.3 is 4.74 Å². The summed E-state index contributed by atoms with van der Waals surface area (Å²) in [6, 6.07) is 13.5. The number of allylic oxidation sites excluding steroid dienone is 1. The molecule has 5 heteroatoms. The molecule has 26 heavy (non-hydrogen) atoms. The number of benzene rings is 2. The van der Waals surface area contributed by atoms with Crippen molar-refractivity contribution in [1.29, 1.82) is 0 Å². The number of carbonyl (C=O) groups excluding carboxylic acids is 1. The Bertz CT molecular complexity index is 926. The molecule has 0 saturated heterocycles. The molecule has 4 nitrogen and oxygen atoms in total. The molecule has 0 spiro atoms. The van der Waals surface area contributed by atoms with Crippen molar-refractivity contribution in [3.8, 4) is 11.4 Å². The molecule has 0 radical (unpaired) electrons. The van der Waals surface area contributed by atoms with Crippen LogP contribution in [0.15, 0.2) is 60.8 Å². The van der Waals surface area contributed by atoms with E-state index in [4.69, 9.17) is 4.74 Å². The highest BCUT2D eigenvalue weighted by Gasteiger charge is 2.13. The Kier molecular flexibility index (Phi) is 5.27. The third-order valence-electron chi connectivity index (χ3n) is 3.96. The number of carbonyl (C=O) groups is 1. The van der Waals surface area contributed by atoms with Crippen LogP contribution in [0.3, 0.4) is 0 Å². The zero-order chi connectivity index (χ0) is 18.5. The minimum Gasteiger partial charge on any atom is -0.494 e. The van der Waals surface area contributed by atoms with Crippen LogP contribution in [0, 0.1) is 12.7 Å². The van der Waals surface area contributed by atoms with E-state index in [-0.39, 0.29) is 11.6 Å². The molecule has 0 bridgehead atoms. The molecule has 0 aliphatic rings. The number of hydrogen-bond donors (Lipinski definition) is 0. The summed E-state index contributed by atoms with van der Waals surface area (Å²) >= 11 is 0. The number of hydrogen-bond acceptors (Lipinski definition) is 3. The molecule has 0 amide bonds. The monoisotopic (exact) mass is 350 g/mol. The van der Waals surface area contributed by atoms with Gasteiger partial charge in [0.2, 0.25) is 0 Å². The first-order valence-corrected chi connectivity index (χ1v) is 8.34. The van der Waals surface area contributed by atoms with E-state index in [1.54, 1.807) is 22.9 Å². The zero-order valence-corrected chi connectivity index (χ0v) is 14.6. The van der Waals surface area contributed by atoms with Gasteiger partial charge in [-0.3, -0.25) is 4.79 Å². The van der Waals surface area contributed by atoms with E-state index in [2.05, 4.69) is 5.10 Å². The first-order valence-electron chi connectivity index (χ1n) is 8.34. The van der Waals surface area contributed by atoms with Crippen molar-refractivity contribution >= 4 is 11.9 Å². The topological polar surface area (TPSA) is 44.1 Å². The molecule has 1 aromatic heterocycles. The van der Waals surface area contributed by atoms with Gasteiger partial charge in [-0.05, 0) is 61.9 Å². The van der Waals surface area contributed by atoms with Crippen LogP contribution in [0.1, 0.15) is 28.5 Å². The predicted octanol–water partition coefficient (Wildman–Crippen LogP) is 4.61. The highest BCUT2D eigenvalue weighted by Crippen LogP contribution is 2.17. The molecule has 0 aliphatic carbocycles. The Balaban J connectivity index is 1.77. The Morgan fingerprint density at radius 3 is 2.50 bits per heavy atom. The fourth-order valence-corrected chi connectivity index (χ4v) is 2.60. The van der Waals surface area contributed by atoms with Crippen LogP contribution in [0.2, 0.25) is 0 Å². The smallest absolute Gasteiger partial charge is 0.189 e. The average molecular weight is 350 g/mol. The van der Waals surface area contributed by atoms with Crippen LogP contribution in [-0.2, 0) is 0 Å². The van der Waals surface area contributed by atoms with Crippen molar-refractivity contribution in [2.45, 2.75) is 13.8 Å². The third kappa shape index (κ3) is 3.88. The van der Waals surface area contributed by atoms with Crippen molar-refractivity contribution < 1.29 is 13.9 Å². The third-order valence-corrected chi connectivity index (χ3v) is 3.96. The molecule has 0 unspecified atom stereocenters. The van der Waals surface area contributed by atoms with E-state index in [9.17, 15) is 9.18 Å². The maximum Gasteiger partial charge on any atom is 0.189 e. The standard InChI is InChI=1S/C21H19FN2O2/c1-3-26-19-11-4-16(5-12-19)6-13-21(25)20-14-23-24(15(20)2)18-9-7-17(22)8-10-18/h4-14H,3H2,1-2H3. The summed E-state index contributed by atoms with van der Waals surface area (Å²) in [5, 5.41) is 4.25. The molecule has 0 N–H and O–H groups in total. The number of nitrogens with zero attached hydrogens (tertiary/aromatic N) is 2. The molecule has 0 fully saturated rings. The van der Waals surface area contributed by atoms with Gasteiger partial charge in [-0.1, -0.05) is 18.2 Å². The minimum atomic E-state index is -0.312. The van der Waals surface area contributed by atoms with Crippen LogP contribution in [0.4, 0.5) is 4.39 Å². The fraction of sp³-hybridized carbons (Fsp3) is 0.143. The Morgan fingerprint density at radius 1 is 1.15 bits per heavy atom. The molecule has 3 aromatic rings. The molecule has 0 aliphatic heterocycles. The average Bonchev–Trinajstić information content (AvgIpc) is 3.03. The van der Waals surface area contributed by atoms with E-state index >= 15 is 0 Å². The number of rotatable bonds is 6. The molecule has 0 saturated carbocycles. The predicted molar refractivity (Wildman–Crippen MR) is 99.2 cm³/mol. The van der Waals surface area contributed by atoms with Gasteiger partial charge in [-0.15, -0.1) is 0 Å². The molecule has 0 atom stereocenters. The van der Waals surface area contributed by atoms with Gasteiger partial charge in [0.15, 0.2) is 5.78 Å². The summed E-state index contributed by atoms with van der Waals surface area (Å²) in [5.41, 5.74) is 2.83. The van der Waals surface area contributed by atoms with Crippen molar-refractivity contribution in [3.05, 3.63) is 83.4 Å². The lowest BCUT2D eigenvalue weighted by Gasteiger charge is -2.04. The molecule has 3 rings (SSSR count). The number of halogens is 1. The number of ketones is 1. The highest BCUT2D eigenvalue weighted by molar-refractivity contribution is 6.07. The summed E-state index contributed by atoms with van der Waals surface area (Å²) in [6.45, 7) is 4.36. The minimum absolute atomic E-state index is 0.134. The molecule has 132 valence electrons. The van der Waals surface area contributed by atoms with Crippen molar-refractivity contribution in [1.82, 2.24) is 9.78 Å². The van der Waals surface area contributed by atoms with Gasteiger partial charge in [0, 0.05) is 0 Å². The van der Waals surface area contributed by atoms with Crippen LogP contribution < -0.4 is 4.74 Å². The van der Waals surface area contributed by atoms with E-state index in [1.165, 1.54) is 24.4 Å². The number of aromatic nitrogens is 2. The van der Waals surface area contributed by atoms with Crippen LogP contribution in [0.5, 0.6) is 5.75 Å². The van der Waals surface area contributed by atoms with E-state index in [0.29, 0.717) is 23.6 Å². The second-order valence-electron chi connectivity index (χ2n) is 5.73. The van der Waals surface area contributed by atoms with Gasteiger partial charge in [-0.25, -0.2) is 9.07 Å². The van der Waals surface area contributed by atoms with Gasteiger partial charge in [0.25, 0.3) is 0 Å². The summed E-state index contributed by atoms with van der Waals surface area (Å²) in [5.74, 6) is 0.352. The van der Waals surface area contributed by atoms with E-state index in [1.807, 2.05) is 38.1 Å². The van der Waals surface area contributed by atoms with Crippen molar-refractivity contribution in [2.24, 2.45) is 0 Å². The fourth-order valence-electron chi connectivity index (χ4n) is 2.60. The summed E-state index contributed by atoms with van der Waals surface area (Å²) in [6.07, 6.45) is 4.81. The first kappa shape index (κ1) is 17.6. The summed E-state index contributed by atoms with van der Waals surface area (Å²) in [4.78, 5) is 12.5. The molecular weight excluding hydrogens is 331 g/mol. The summed E-state index contributed by atoms with van der Waals surface area (Å²) < 4.78 is 20.1. The summed E-state index contributed by atoms with van der Waals surface area (Å²) in [7, 11) is 0. The van der Waals surface area contributed by atoms with Gasteiger partial charge in [-0.2, -0.15) is 5.10 Å². The molecule has 2 aromatic carbocycles. The lowest BCUT2D eigenvalue weighted by Crippen LogP contribution is -2.01. The zero-order valence-electron chi connectivity index (χ0n) is 14.6. The maximum absolute atomic E-state index is 13.1. The second-order valence-corrected chi connectivity index (χ2v) is 5.73. The van der Waals surface area contributed by atoms with Crippen LogP contribution in [-0.4, -0.2) is 22.2 Å². The second kappa shape index (κ2) is 7.78. The first-order chi connectivity index (χ1) is 12.6. The highest BCUT2D eigenvalue weighted by atomic mass is 19.1. The van der Waals surface area contributed by atoms with Crippen molar-refractivity contribution in [3.63, 3.8) is 0 Å². The maximum atomic E-state index is 13.1. The lowest BCUT2D eigenvalue weighted by molar-refractivity contribution is 0.104. The normalized spacial score (nSPS) is 11.0. The lowest BCUT2D eigenvalue weighted by atomic mass is 10.1. The number of ether oxygens (including phenoxy) is 1. The van der Waals surface area contributed by atoms with E-state index in [0.717, 1.165) is 11.3 Å². The molecular formula is C21H19FN2O2. The molecule has 1 heterocycles. The Labute approximate surface area is 151 Å². The SMILES string of the molecule is CCOc1ccc(C=CC(=O)c2cnn(-c3ccc(F)cc3)c2C)cc1. The van der Waals surface area contributed by atoms with E-state index < -0.39 is 0 Å². The van der Waals surface area contributed by atoms with Crippen molar-refractivity contribution in [2.75, 3.05) is 6.61 Å². The van der Waals surface area contributed by atoms with Crippen LogP contribution >= 0.6 is 0 Å².